The fourth-order valence-corrected chi connectivity index (χ4v) is 5.64. The van der Waals surface area contributed by atoms with E-state index in [2.05, 4.69) is 5.32 Å². The summed E-state index contributed by atoms with van der Waals surface area (Å²) in [4.78, 5) is 0. The summed E-state index contributed by atoms with van der Waals surface area (Å²) in [5.74, 6) is 2.97. The highest BCUT2D eigenvalue weighted by Crippen LogP contribution is 2.55. The fraction of sp³-hybridized carbons (Fsp3) is 0.684. The normalized spacial score (nSPS) is 38.6. The minimum atomic E-state index is -0.326. The van der Waals surface area contributed by atoms with Gasteiger partial charge in [-0.25, -0.2) is 0 Å². The van der Waals surface area contributed by atoms with Gasteiger partial charge in [0.15, 0.2) is 0 Å². The molecule has 1 aromatic carbocycles. The molecule has 0 radical (unpaired) electrons. The van der Waals surface area contributed by atoms with Crippen molar-refractivity contribution in [2.75, 3.05) is 6.54 Å². The van der Waals surface area contributed by atoms with Crippen LogP contribution in [0.5, 0.6) is 0 Å². The lowest BCUT2D eigenvalue weighted by atomic mass is 9.53. The lowest BCUT2D eigenvalue weighted by molar-refractivity contribution is -0.0209. The molecule has 4 bridgehead atoms. The van der Waals surface area contributed by atoms with E-state index in [1.807, 2.05) is 30.3 Å². The average molecular weight is 285 g/mol. The molecule has 4 fully saturated rings. The molecule has 0 saturated heterocycles. The number of rotatable bonds is 5. The Kier molecular flexibility index (Phi) is 3.55. The lowest BCUT2D eigenvalue weighted by Crippen LogP contribution is -2.58. The van der Waals surface area contributed by atoms with Crippen molar-refractivity contribution < 1.29 is 5.11 Å². The highest BCUT2D eigenvalue weighted by atomic mass is 16.3. The molecule has 0 aromatic heterocycles. The van der Waals surface area contributed by atoms with Gasteiger partial charge in [-0.05, 0) is 74.8 Å². The molecule has 4 aliphatic carbocycles. The van der Waals surface area contributed by atoms with E-state index >= 15 is 0 Å². The molecule has 2 nitrogen and oxygen atoms in total. The number of hydrogen-bond donors (Lipinski definition) is 2. The Morgan fingerprint density at radius 1 is 1.00 bits per heavy atom. The van der Waals surface area contributed by atoms with Crippen LogP contribution in [-0.2, 0) is 0 Å². The van der Waals surface area contributed by atoms with Gasteiger partial charge in [-0.2, -0.15) is 0 Å². The third-order valence-corrected chi connectivity index (χ3v) is 6.14. The first-order valence-electron chi connectivity index (χ1n) is 8.70. The van der Waals surface area contributed by atoms with Gasteiger partial charge in [-0.3, -0.25) is 0 Å². The van der Waals surface area contributed by atoms with Crippen LogP contribution in [0, 0.1) is 17.8 Å². The predicted octanol–water partition coefficient (Wildman–Crippen LogP) is 3.67. The van der Waals surface area contributed by atoms with E-state index in [1.165, 1.54) is 38.5 Å². The molecule has 0 heterocycles. The van der Waals surface area contributed by atoms with Crippen molar-refractivity contribution in [2.45, 2.75) is 56.6 Å². The Morgan fingerprint density at radius 3 is 2.14 bits per heavy atom. The standard InChI is InChI=1S/C19H27NO/c21-18(17-4-2-1-3-5-17)6-7-20-19-11-14-8-15(12-19)10-16(9-14)13-19/h1-5,14-16,18,20-21H,6-13H2/t14?,15?,16?,18-,19?/m0/s1. The minimum Gasteiger partial charge on any atom is -0.388 e. The van der Waals surface area contributed by atoms with Crippen molar-refractivity contribution in [3.63, 3.8) is 0 Å². The van der Waals surface area contributed by atoms with Crippen LogP contribution in [0.4, 0.5) is 0 Å². The van der Waals surface area contributed by atoms with Gasteiger partial charge in [0.05, 0.1) is 6.10 Å². The van der Waals surface area contributed by atoms with Crippen LogP contribution in [0.25, 0.3) is 0 Å². The molecule has 5 rings (SSSR count). The molecule has 2 heteroatoms. The summed E-state index contributed by atoms with van der Waals surface area (Å²) in [5, 5.41) is 14.2. The molecular weight excluding hydrogens is 258 g/mol. The second kappa shape index (κ2) is 5.40. The fourth-order valence-electron chi connectivity index (χ4n) is 5.64. The first-order valence-corrected chi connectivity index (χ1v) is 8.70. The Morgan fingerprint density at radius 2 is 1.57 bits per heavy atom. The second-order valence-corrected chi connectivity index (χ2v) is 7.84. The SMILES string of the molecule is O[C@@H](CCNC12CC3CC(CC(C3)C1)C2)c1ccccc1. The summed E-state index contributed by atoms with van der Waals surface area (Å²) in [6.07, 6.45) is 9.15. The number of aliphatic hydroxyl groups is 1. The molecule has 0 aliphatic heterocycles. The zero-order chi connectivity index (χ0) is 14.3. The van der Waals surface area contributed by atoms with E-state index in [4.69, 9.17) is 0 Å². The molecule has 0 spiro atoms. The second-order valence-electron chi connectivity index (χ2n) is 7.84. The maximum atomic E-state index is 10.3. The van der Waals surface area contributed by atoms with Crippen LogP contribution in [0.3, 0.4) is 0 Å². The highest BCUT2D eigenvalue weighted by Gasteiger charge is 2.50. The molecule has 114 valence electrons. The van der Waals surface area contributed by atoms with Crippen LogP contribution in [-0.4, -0.2) is 17.2 Å². The Balaban J connectivity index is 1.33. The zero-order valence-corrected chi connectivity index (χ0v) is 12.8. The quantitative estimate of drug-likeness (QED) is 0.865. The van der Waals surface area contributed by atoms with E-state index in [-0.39, 0.29) is 6.10 Å². The zero-order valence-electron chi connectivity index (χ0n) is 12.8. The van der Waals surface area contributed by atoms with Crippen molar-refractivity contribution in [1.82, 2.24) is 5.32 Å². The smallest absolute Gasteiger partial charge is 0.0802 e. The predicted molar refractivity (Wildman–Crippen MR) is 84.9 cm³/mol. The van der Waals surface area contributed by atoms with Crippen molar-refractivity contribution in [2.24, 2.45) is 17.8 Å². The van der Waals surface area contributed by atoms with E-state index in [0.29, 0.717) is 5.54 Å². The van der Waals surface area contributed by atoms with E-state index in [0.717, 1.165) is 36.3 Å². The average Bonchev–Trinajstić information content (AvgIpc) is 2.46. The Hall–Kier alpha value is -0.860. The molecule has 2 N–H and O–H groups in total. The summed E-state index contributed by atoms with van der Waals surface area (Å²) >= 11 is 0. The number of hydrogen-bond acceptors (Lipinski definition) is 2. The molecule has 1 aromatic rings. The van der Waals surface area contributed by atoms with Crippen molar-refractivity contribution in [3.8, 4) is 0 Å². The molecule has 0 amide bonds. The molecular formula is C19H27NO. The maximum Gasteiger partial charge on any atom is 0.0802 e. The number of nitrogens with one attached hydrogen (secondary N) is 1. The van der Waals surface area contributed by atoms with Gasteiger partial charge in [-0.1, -0.05) is 30.3 Å². The van der Waals surface area contributed by atoms with E-state index in [1.54, 1.807) is 0 Å². The molecule has 4 aliphatic rings. The van der Waals surface area contributed by atoms with Crippen LogP contribution in [0.2, 0.25) is 0 Å². The summed E-state index contributed by atoms with van der Waals surface area (Å²) in [5.41, 5.74) is 1.47. The van der Waals surface area contributed by atoms with Crippen molar-refractivity contribution >= 4 is 0 Å². The first-order chi connectivity index (χ1) is 10.2. The van der Waals surface area contributed by atoms with Crippen LogP contribution in [0.15, 0.2) is 30.3 Å². The monoisotopic (exact) mass is 285 g/mol. The van der Waals surface area contributed by atoms with Gasteiger partial charge in [0.2, 0.25) is 0 Å². The summed E-state index contributed by atoms with van der Waals surface area (Å²) in [6, 6.07) is 10.1. The van der Waals surface area contributed by atoms with E-state index in [9.17, 15) is 5.11 Å². The highest BCUT2D eigenvalue weighted by molar-refractivity contribution is 5.17. The van der Waals surface area contributed by atoms with Crippen LogP contribution >= 0.6 is 0 Å². The van der Waals surface area contributed by atoms with Gasteiger partial charge >= 0.3 is 0 Å². The largest absolute Gasteiger partial charge is 0.388 e. The minimum absolute atomic E-state index is 0.326. The summed E-state index contributed by atoms with van der Waals surface area (Å²) in [7, 11) is 0. The topological polar surface area (TPSA) is 32.3 Å². The lowest BCUT2D eigenvalue weighted by Gasteiger charge is -2.57. The van der Waals surface area contributed by atoms with Gasteiger partial charge in [0.1, 0.15) is 0 Å². The molecule has 21 heavy (non-hydrogen) atoms. The number of benzene rings is 1. The molecule has 1 atom stereocenters. The Labute approximate surface area is 128 Å². The molecule has 0 unspecified atom stereocenters. The van der Waals surface area contributed by atoms with Crippen LogP contribution in [0.1, 0.15) is 56.6 Å². The first kappa shape index (κ1) is 13.8. The summed E-state index contributed by atoms with van der Waals surface area (Å²) < 4.78 is 0. The Bertz CT molecular complexity index is 448. The van der Waals surface area contributed by atoms with Crippen molar-refractivity contribution in [1.29, 1.82) is 0 Å². The van der Waals surface area contributed by atoms with Crippen molar-refractivity contribution in [3.05, 3.63) is 35.9 Å². The molecule has 4 saturated carbocycles. The van der Waals surface area contributed by atoms with Gasteiger partial charge in [0.25, 0.3) is 0 Å². The summed E-state index contributed by atoms with van der Waals surface area (Å²) in [6.45, 7) is 0.947. The van der Waals surface area contributed by atoms with Gasteiger partial charge in [-0.15, -0.1) is 0 Å². The van der Waals surface area contributed by atoms with Gasteiger partial charge < -0.3 is 10.4 Å². The number of aliphatic hydroxyl groups excluding tert-OH is 1. The maximum absolute atomic E-state index is 10.3. The third kappa shape index (κ3) is 2.76. The van der Waals surface area contributed by atoms with Crippen LogP contribution < -0.4 is 5.32 Å². The third-order valence-electron chi connectivity index (χ3n) is 6.14. The van der Waals surface area contributed by atoms with E-state index < -0.39 is 0 Å². The van der Waals surface area contributed by atoms with Gasteiger partial charge in [0, 0.05) is 5.54 Å².